The fraction of sp³-hybridized carbons (Fsp3) is 0.636. The number of aromatic nitrogens is 3. The van der Waals surface area contributed by atoms with Crippen LogP contribution in [0.4, 0.5) is 0 Å². The van der Waals surface area contributed by atoms with Crippen LogP contribution in [0.3, 0.4) is 0 Å². The minimum Gasteiger partial charge on any atom is -0.476 e. The molecule has 0 aliphatic heterocycles. The molecular formula is C11H19N5O3. The van der Waals surface area contributed by atoms with E-state index in [1.54, 1.807) is 0 Å². The molecule has 106 valence electrons. The summed E-state index contributed by atoms with van der Waals surface area (Å²) in [4.78, 5) is 22.1. The fourth-order valence-corrected chi connectivity index (χ4v) is 1.40. The lowest BCUT2D eigenvalue weighted by molar-refractivity contribution is -0.121. The number of carboxylic acid groups (broad SMARTS) is 1. The second-order valence-corrected chi connectivity index (χ2v) is 4.40. The molecule has 0 radical (unpaired) electrons. The molecule has 0 saturated carbocycles. The van der Waals surface area contributed by atoms with Gasteiger partial charge in [0.1, 0.15) is 0 Å². The van der Waals surface area contributed by atoms with Crippen LogP contribution in [0.15, 0.2) is 6.20 Å². The van der Waals surface area contributed by atoms with Gasteiger partial charge in [-0.1, -0.05) is 12.1 Å². The van der Waals surface area contributed by atoms with E-state index in [0.717, 1.165) is 6.42 Å². The van der Waals surface area contributed by atoms with Crippen LogP contribution < -0.4 is 11.1 Å². The Kier molecular flexibility index (Phi) is 5.94. The molecule has 0 aromatic carbocycles. The van der Waals surface area contributed by atoms with Gasteiger partial charge in [0, 0.05) is 13.0 Å². The summed E-state index contributed by atoms with van der Waals surface area (Å²) >= 11 is 0. The molecule has 0 aliphatic carbocycles. The predicted molar refractivity (Wildman–Crippen MR) is 67.4 cm³/mol. The minimum absolute atomic E-state index is 0.0427. The first-order valence-corrected chi connectivity index (χ1v) is 6.13. The Morgan fingerprint density at radius 3 is 2.89 bits per heavy atom. The minimum atomic E-state index is -1.12. The van der Waals surface area contributed by atoms with Crippen LogP contribution in [0.5, 0.6) is 0 Å². The Morgan fingerprint density at radius 2 is 2.32 bits per heavy atom. The molecule has 1 rings (SSSR count). The van der Waals surface area contributed by atoms with Gasteiger partial charge in [0.25, 0.3) is 0 Å². The van der Waals surface area contributed by atoms with E-state index in [2.05, 4.69) is 15.6 Å². The maximum absolute atomic E-state index is 11.5. The van der Waals surface area contributed by atoms with Crippen molar-refractivity contribution in [1.29, 1.82) is 0 Å². The summed E-state index contributed by atoms with van der Waals surface area (Å²) in [5.74, 6) is -0.830. The molecule has 1 aromatic rings. The van der Waals surface area contributed by atoms with Crippen LogP contribution in [-0.2, 0) is 11.3 Å². The van der Waals surface area contributed by atoms with Crippen LogP contribution in [-0.4, -0.2) is 45.1 Å². The van der Waals surface area contributed by atoms with E-state index in [0.29, 0.717) is 32.0 Å². The summed E-state index contributed by atoms with van der Waals surface area (Å²) in [6.07, 6.45) is 2.52. The van der Waals surface area contributed by atoms with Crippen LogP contribution in [0.2, 0.25) is 0 Å². The first-order valence-electron chi connectivity index (χ1n) is 6.13. The third kappa shape index (κ3) is 5.47. The number of carboxylic acids is 1. The molecule has 4 N–H and O–H groups in total. The van der Waals surface area contributed by atoms with Crippen molar-refractivity contribution in [2.75, 3.05) is 13.1 Å². The molecule has 1 unspecified atom stereocenters. The van der Waals surface area contributed by atoms with Crippen molar-refractivity contribution >= 4 is 11.9 Å². The molecule has 0 saturated heterocycles. The van der Waals surface area contributed by atoms with Crippen molar-refractivity contribution in [3.8, 4) is 0 Å². The molecule has 1 amide bonds. The Bertz CT molecular complexity index is 432. The van der Waals surface area contributed by atoms with E-state index >= 15 is 0 Å². The zero-order chi connectivity index (χ0) is 14.3. The van der Waals surface area contributed by atoms with Gasteiger partial charge in [0.05, 0.1) is 12.7 Å². The van der Waals surface area contributed by atoms with Crippen molar-refractivity contribution in [2.24, 2.45) is 11.7 Å². The SMILES string of the molecule is CC(CN)CCC(=O)NCCn1cc(C(=O)O)nn1. The highest BCUT2D eigenvalue weighted by Gasteiger charge is 2.08. The molecule has 1 atom stereocenters. The van der Waals surface area contributed by atoms with Crippen LogP contribution in [0, 0.1) is 5.92 Å². The quantitative estimate of drug-likeness (QED) is 0.583. The highest BCUT2D eigenvalue weighted by atomic mass is 16.4. The first kappa shape index (κ1) is 15.1. The third-order valence-corrected chi connectivity index (χ3v) is 2.69. The molecule has 0 bridgehead atoms. The number of nitrogens with zero attached hydrogens (tertiary/aromatic N) is 3. The topological polar surface area (TPSA) is 123 Å². The summed E-state index contributed by atoms with van der Waals surface area (Å²) in [7, 11) is 0. The van der Waals surface area contributed by atoms with Crippen molar-refractivity contribution in [3.63, 3.8) is 0 Å². The van der Waals surface area contributed by atoms with E-state index in [9.17, 15) is 9.59 Å². The second kappa shape index (κ2) is 7.47. The maximum atomic E-state index is 11.5. The zero-order valence-electron chi connectivity index (χ0n) is 10.9. The molecule has 8 heteroatoms. The predicted octanol–water partition coefficient (Wildman–Crippen LogP) is -0.532. The number of carbonyl (C=O) groups is 2. The molecule has 0 fully saturated rings. The Hall–Kier alpha value is -1.96. The lowest BCUT2D eigenvalue weighted by atomic mass is 10.1. The lowest BCUT2D eigenvalue weighted by Crippen LogP contribution is -2.28. The van der Waals surface area contributed by atoms with Gasteiger partial charge in [-0.05, 0) is 18.9 Å². The summed E-state index contributed by atoms with van der Waals surface area (Å²) in [5, 5.41) is 18.5. The standard InChI is InChI=1S/C11H19N5O3/c1-8(6-12)2-3-10(17)13-4-5-16-7-9(11(18)19)14-15-16/h7-8H,2-6,12H2,1H3,(H,13,17)(H,18,19). The van der Waals surface area contributed by atoms with Gasteiger partial charge in [0.2, 0.25) is 5.91 Å². The number of carbonyl (C=O) groups excluding carboxylic acids is 1. The average Bonchev–Trinajstić information content (AvgIpc) is 2.85. The number of nitrogens with one attached hydrogen (secondary N) is 1. The van der Waals surface area contributed by atoms with Gasteiger partial charge in [-0.15, -0.1) is 5.10 Å². The van der Waals surface area contributed by atoms with Gasteiger partial charge in [0.15, 0.2) is 5.69 Å². The summed E-state index contributed by atoms with van der Waals surface area (Å²) in [5.41, 5.74) is 5.35. The molecule has 8 nitrogen and oxygen atoms in total. The van der Waals surface area contributed by atoms with E-state index in [4.69, 9.17) is 10.8 Å². The highest BCUT2D eigenvalue weighted by molar-refractivity contribution is 5.84. The molecule has 0 spiro atoms. The van der Waals surface area contributed by atoms with Crippen LogP contribution in [0.25, 0.3) is 0 Å². The smallest absolute Gasteiger partial charge is 0.358 e. The first-order chi connectivity index (χ1) is 9.02. The van der Waals surface area contributed by atoms with Crippen molar-refractivity contribution in [2.45, 2.75) is 26.3 Å². The van der Waals surface area contributed by atoms with Crippen molar-refractivity contribution in [3.05, 3.63) is 11.9 Å². The van der Waals surface area contributed by atoms with Crippen LogP contribution in [0.1, 0.15) is 30.3 Å². The molecule has 19 heavy (non-hydrogen) atoms. The molecule has 0 aliphatic rings. The van der Waals surface area contributed by atoms with Gasteiger partial charge >= 0.3 is 5.97 Å². The highest BCUT2D eigenvalue weighted by Crippen LogP contribution is 2.02. The number of aromatic carboxylic acids is 1. The van der Waals surface area contributed by atoms with Crippen molar-refractivity contribution in [1.82, 2.24) is 20.3 Å². The average molecular weight is 269 g/mol. The maximum Gasteiger partial charge on any atom is 0.358 e. The largest absolute Gasteiger partial charge is 0.476 e. The summed E-state index contributed by atoms with van der Waals surface area (Å²) in [6, 6.07) is 0. The Balaban J connectivity index is 2.22. The number of hydrogen-bond donors (Lipinski definition) is 3. The van der Waals surface area contributed by atoms with Crippen LogP contribution >= 0.6 is 0 Å². The third-order valence-electron chi connectivity index (χ3n) is 2.69. The number of rotatable bonds is 8. The lowest BCUT2D eigenvalue weighted by Gasteiger charge is -2.08. The van der Waals surface area contributed by atoms with Gasteiger partial charge in [-0.2, -0.15) is 0 Å². The number of amides is 1. The van der Waals surface area contributed by atoms with E-state index < -0.39 is 5.97 Å². The molecular weight excluding hydrogens is 250 g/mol. The number of nitrogens with two attached hydrogens (primary N) is 1. The van der Waals surface area contributed by atoms with E-state index in [-0.39, 0.29) is 11.6 Å². The van der Waals surface area contributed by atoms with E-state index in [1.807, 2.05) is 6.92 Å². The van der Waals surface area contributed by atoms with Crippen molar-refractivity contribution < 1.29 is 14.7 Å². The number of hydrogen-bond acceptors (Lipinski definition) is 5. The van der Waals surface area contributed by atoms with Gasteiger partial charge in [-0.3, -0.25) is 4.79 Å². The van der Waals surface area contributed by atoms with E-state index in [1.165, 1.54) is 10.9 Å². The zero-order valence-corrected chi connectivity index (χ0v) is 10.9. The Morgan fingerprint density at radius 1 is 1.58 bits per heavy atom. The van der Waals surface area contributed by atoms with Gasteiger partial charge < -0.3 is 16.2 Å². The summed E-state index contributed by atoms with van der Waals surface area (Å²) < 4.78 is 1.38. The Labute approximate surface area is 111 Å². The van der Waals surface area contributed by atoms with Gasteiger partial charge in [-0.25, -0.2) is 9.48 Å². The normalized spacial score (nSPS) is 12.1. The monoisotopic (exact) mass is 269 g/mol. The fourth-order valence-electron chi connectivity index (χ4n) is 1.40. The molecule has 1 heterocycles. The second-order valence-electron chi connectivity index (χ2n) is 4.40. The summed E-state index contributed by atoms with van der Waals surface area (Å²) in [6.45, 7) is 3.34. The molecule has 1 aromatic heterocycles.